The third-order valence-electron chi connectivity index (χ3n) is 3.81. The number of ether oxygens (including phenoxy) is 1. The predicted octanol–water partition coefficient (Wildman–Crippen LogP) is 1.93. The predicted molar refractivity (Wildman–Crippen MR) is 93.3 cm³/mol. The summed E-state index contributed by atoms with van der Waals surface area (Å²) >= 11 is 0. The van der Waals surface area contributed by atoms with Gasteiger partial charge in [-0.05, 0) is 31.1 Å². The van der Waals surface area contributed by atoms with E-state index >= 15 is 0 Å². The van der Waals surface area contributed by atoms with Gasteiger partial charge < -0.3 is 20.1 Å². The van der Waals surface area contributed by atoms with Crippen LogP contribution in [0.25, 0.3) is 0 Å². The highest BCUT2D eigenvalue weighted by Gasteiger charge is 2.07. The minimum Gasteiger partial charge on any atom is -0.492 e. The van der Waals surface area contributed by atoms with Crippen molar-refractivity contribution in [1.29, 1.82) is 0 Å². The van der Waals surface area contributed by atoms with Crippen molar-refractivity contribution in [2.24, 2.45) is 0 Å². The third kappa shape index (κ3) is 7.97. The van der Waals surface area contributed by atoms with Gasteiger partial charge >= 0.3 is 5.97 Å². The van der Waals surface area contributed by atoms with Crippen molar-refractivity contribution in [1.82, 2.24) is 10.2 Å². The summed E-state index contributed by atoms with van der Waals surface area (Å²) in [4.78, 5) is 24.3. The number of carbonyl (C=O) groups is 2. The van der Waals surface area contributed by atoms with Crippen molar-refractivity contribution in [3.8, 4) is 5.75 Å². The second kappa shape index (κ2) is 11.5. The molecule has 0 unspecified atom stereocenters. The number of nitrogens with zero attached hydrogens (tertiary/aromatic N) is 1. The highest BCUT2D eigenvalue weighted by molar-refractivity contribution is 5.80. The molecule has 2 N–H and O–H groups in total. The quantitative estimate of drug-likeness (QED) is 0.610. The van der Waals surface area contributed by atoms with Crippen LogP contribution in [0.3, 0.4) is 0 Å². The van der Waals surface area contributed by atoms with E-state index < -0.39 is 5.97 Å². The highest BCUT2D eigenvalue weighted by atomic mass is 16.5. The monoisotopic (exact) mass is 336 g/mol. The molecule has 0 fully saturated rings. The highest BCUT2D eigenvalue weighted by Crippen LogP contribution is 2.18. The summed E-state index contributed by atoms with van der Waals surface area (Å²) in [6.45, 7) is 8.24. The van der Waals surface area contributed by atoms with Crippen LogP contribution in [0.1, 0.15) is 32.3 Å². The van der Waals surface area contributed by atoms with E-state index in [9.17, 15) is 9.59 Å². The van der Waals surface area contributed by atoms with E-state index in [2.05, 4.69) is 24.1 Å². The number of likely N-dealkylation sites (N-methyl/N-ethyl adjacent to an activating group) is 1. The lowest BCUT2D eigenvalue weighted by atomic mass is 10.1. The first-order valence-corrected chi connectivity index (χ1v) is 8.48. The number of hydrogen-bond acceptors (Lipinski definition) is 4. The number of benzene rings is 1. The van der Waals surface area contributed by atoms with Crippen LogP contribution in [0.15, 0.2) is 24.3 Å². The van der Waals surface area contributed by atoms with Gasteiger partial charge in [0.25, 0.3) is 0 Å². The van der Waals surface area contributed by atoms with Gasteiger partial charge in [-0.1, -0.05) is 32.0 Å². The Bertz CT molecular complexity index is 515. The van der Waals surface area contributed by atoms with Crippen molar-refractivity contribution >= 4 is 11.9 Å². The Morgan fingerprint density at radius 1 is 1.17 bits per heavy atom. The number of amides is 1. The van der Waals surface area contributed by atoms with E-state index in [4.69, 9.17) is 9.84 Å². The first-order chi connectivity index (χ1) is 11.6. The van der Waals surface area contributed by atoms with Gasteiger partial charge in [-0.15, -0.1) is 0 Å². The van der Waals surface area contributed by atoms with Crippen molar-refractivity contribution in [2.75, 3.05) is 32.8 Å². The van der Waals surface area contributed by atoms with E-state index in [0.717, 1.165) is 30.9 Å². The Kier molecular flexibility index (Phi) is 9.53. The number of aliphatic carboxylic acids is 1. The molecule has 1 rings (SSSR count). The molecule has 134 valence electrons. The number of carboxylic acid groups (broad SMARTS) is 1. The van der Waals surface area contributed by atoms with Crippen LogP contribution < -0.4 is 10.1 Å². The lowest BCUT2D eigenvalue weighted by molar-refractivity contribution is -0.138. The largest absolute Gasteiger partial charge is 0.492 e. The Hall–Kier alpha value is -2.08. The summed E-state index contributed by atoms with van der Waals surface area (Å²) in [5, 5.41) is 11.3. The summed E-state index contributed by atoms with van der Waals surface area (Å²) in [6, 6.07) is 7.79. The Morgan fingerprint density at radius 2 is 1.88 bits per heavy atom. The van der Waals surface area contributed by atoms with Crippen LogP contribution in [0.2, 0.25) is 0 Å². The smallest absolute Gasteiger partial charge is 0.303 e. The van der Waals surface area contributed by atoms with E-state index in [1.54, 1.807) is 0 Å². The van der Waals surface area contributed by atoms with E-state index in [1.807, 2.05) is 24.3 Å². The number of para-hydroxylation sites is 1. The normalized spacial score (nSPS) is 10.6. The van der Waals surface area contributed by atoms with Gasteiger partial charge in [0.2, 0.25) is 5.91 Å². The molecule has 6 heteroatoms. The molecule has 0 aliphatic carbocycles. The second-order valence-electron chi connectivity index (χ2n) is 5.48. The Balaban J connectivity index is 2.40. The average molecular weight is 336 g/mol. The molecule has 0 saturated carbocycles. The lowest BCUT2D eigenvalue weighted by Gasteiger charge is -2.19. The first-order valence-electron chi connectivity index (χ1n) is 8.48. The van der Waals surface area contributed by atoms with Gasteiger partial charge in [0.1, 0.15) is 12.4 Å². The maximum atomic E-state index is 11.5. The van der Waals surface area contributed by atoms with Gasteiger partial charge in [-0.2, -0.15) is 0 Å². The number of hydrogen-bond donors (Lipinski definition) is 2. The minimum atomic E-state index is -0.961. The van der Waals surface area contributed by atoms with Crippen LogP contribution in [-0.4, -0.2) is 54.7 Å². The Morgan fingerprint density at radius 3 is 2.54 bits per heavy atom. The molecule has 0 atom stereocenters. The van der Waals surface area contributed by atoms with Crippen LogP contribution in [-0.2, 0) is 16.0 Å². The van der Waals surface area contributed by atoms with Crippen LogP contribution >= 0.6 is 0 Å². The SMILES string of the molecule is CCN(CC)CCOc1ccccc1CCNC(=O)CCC(=O)O. The Labute approximate surface area is 143 Å². The molecular formula is C18H28N2O4. The fourth-order valence-corrected chi connectivity index (χ4v) is 2.32. The number of rotatable bonds is 12. The van der Waals surface area contributed by atoms with Crippen molar-refractivity contribution in [2.45, 2.75) is 33.1 Å². The fourth-order valence-electron chi connectivity index (χ4n) is 2.32. The van der Waals surface area contributed by atoms with Gasteiger partial charge in [-0.25, -0.2) is 0 Å². The molecule has 24 heavy (non-hydrogen) atoms. The zero-order chi connectivity index (χ0) is 17.8. The summed E-state index contributed by atoms with van der Waals surface area (Å²) < 4.78 is 5.88. The first kappa shape index (κ1) is 20.0. The fraction of sp³-hybridized carbons (Fsp3) is 0.556. The molecule has 0 spiro atoms. The van der Waals surface area contributed by atoms with Crippen molar-refractivity contribution in [3.05, 3.63) is 29.8 Å². The van der Waals surface area contributed by atoms with Crippen LogP contribution in [0.5, 0.6) is 5.75 Å². The van der Waals surface area contributed by atoms with Gasteiger partial charge in [0.05, 0.1) is 6.42 Å². The van der Waals surface area contributed by atoms with Gasteiger partial charge in [-0.3, -0.25) is 9.59 Å². The zero-order valence-corrected chi connectivity index (χ0v) is 14.6. The summed E-state index contributed by atoms with van der Waals surface area (Å²) in [5.41, 5.74) is 1.04. The molecule has 0 radical (unpaired) electrons. The molecule has 6 nitrogen and oxygen atoms in total. The van der Waals surface area contributed by atoms with E-state index in [1.165, 1.54) is 0 Å². The molecular weight excluding hydrogens is 308 g/mol. The molecule has 0 saturated heterocycles. The van der Waals surface area contributed by atoms with Crippen LogP contribution in [0.4, 0.5) is 0 Å². The van der Waals surface area contributed by atoms with Gasteiger partial charge in [0.15, 0.2) is 0 Å². The zero-order valence-electron chi connectivity index (χ0n) is 14.6. The molecule has 0 aromatic heterocycles. The number of carboxylic acids is 1. The standard InChI is InChI=1S/C18H28N2O4/c1-3-20(4-2)13-14-24-16-8-6-5-7-15(16)11-12-19-17(21)9-10-18(22)23/h5-8H,3-4,9-14H2,1-2H3,(H,19,21)(H,22,23). The molecule has 0 aliphatic heterocycles. The number of carbonyl (C=O) groups excluding carboxylic acids is 1. The molecule has 1 amide bonds. The molecule has 0 bridgehead atoms. The van der Waals surface area contributed by atoms with Crippen molar-refractivity contribution < 1.29 is 19.4 Å². The second-order valence-corrected chi connectivity index (χ2v) is 5.48. The van der Waals surface area contributed by atoms with Crippen LogP contribution in [0, 0.1) is 0 Å². The minimum absolute atomic E-state index is 0.0113. The van der Waals surface area contributed by atoms with E-state index in [-0.39, 0.29) is 18.7 Å². The third-order valence-corrected chi connectivity index (χ3v) is 3.81. The lowest BCUT2D eigenvalue weighted by Crippen LogP contribution is -2.28. The van der Waals surface area contributed by atoms with Gasteiger partial charge in [0, 0.05) is 19.5 Å². The van der Waals surface area contributed by atoms with E-state index in [0.29, 0.717) is 19.6 Å². The summed E-state index contributed by atoms with van der Waals surface area (Å²) in [6.07, 6.45) is 0.522. The molecule has 0 heterocycles. The maximum Gasteiger partial charge on any atom is 0.303 e. The molecule has 0 aliphatic rings. The number of nitrogens with one attached hydrogen (secondary N) is 1. The summed E-state index contributed by atoms with van der Waals surface area (Å²) in [5.74, 6) is -0.362. The molecule has 1 aromatic carbocycles. The maximum absolute atomic E-state index is 11.5. The molecule has 1 aromatic rings. The summed E-state index contributed by atoms with van der Waals surface area (Å²) in [7, 11) is 0. The average Bonchev–Trinajstić information content (AvgIpc) is 2.58. The topological polar surface area (TPSA) is 78.9 Å². The van der Waals surface area contributed by atoms with Crippen molar-refractivity contribution in [3.63, 3.8) is 0 Å².